The van der Waals surface area contributed by atoms with Gasteiger partial charge >= 0.3 is 5.69 Å². The van der Waals surface area contributed by atoms with E-state index in [0.717, 1.165) is 24.0 Å². The molecule has 4 aromatic rings. The van der Waals surface area contributed by atoms with Crippen LogP contribution in [-0.4, -0.2) is 26.5 Å². The number of fused-ring (bicyclic) bond motifs is 1. The fraction of sp³-hybridized carbons (Fsp3) is 0.174. The lowest BCUT2D eigenvalue weighted by Crippen LogP contribution is -2.06. The molecule has 2 aromatic heterocycles. The Morgan fingerprint density at radius 2 is 1.72 bits per heavy atom. The molecule has 0 saturated carbocycles. The van der Waals surface area contributed by atoms with Crippen LogP contribution in [0.5, 0.6) is 5.75 Å². The Labute approximate surface area is 184 Å². The van der Waals surface area contributed by atoms with Gasteiger partial charge < -0.3 is 15.4 Å². The van der Waals surface area contributed by atoms with Crippen LogP contribution in [0.2, 0.25) is 0 Å². The van der Waals surface area contributed by atoms with E-state index in [4.69, 9.17) is 4.74 Å². The molecule has 9 nitrogen and oxygen atoms in total. The first-order valence-corrected chi connectivity index (χ1v) is 10.3. The molecular formula is C23H22N6O3. The summed E-state index contributed by atoms with van der Waals surface area (Å²) in [6, 6.07) is 16.5. The Morgan fingerprint density at radius 1 is 0.969 bits per heavy atom. The molecule has 4 rings (SSSR count). The van der Waals surface area contributed by atoms with Gasteiger partial charge in [-0.25, -0.2) is 9.97 Å². The van der Waals surface area contributed by atoms with Gasteiger partial charge in [0.2, 0.25) is 11.6 Å². The molecule has 2 aromatic carbocycles. The average Bonchev–Trinajstić information content (AvgIpc) is 2.81. The zero-order valence-electron chi connectivity index (χ0n) is 17.5. The number of para-hydroxylation sites is 1. The molecule has 0 aliphatic rings. The predicted molar refractivity (Wildman–Crippen MR) is 124 cm³/mol. The van der Waals surface area contributed by atoms with E-state index >= 15 is 0 Å². The maximum absolute atomic E-state index is 11.9. The summed E-state index contributed by atoms with van der Waals surface area (Å²) in [5.41, 5.74) is 1.69. The van der Waals surface area contributed by atoms with E-state index < -0.39 is 4.92 Å². The number of unbranched alkanes of at least 4 members (excludes halogenated alkanes) is 1. The van der Waals surface area contributed by atoms with Gasteiger partial charge in [0.25, 0.3) is 0 Å². The number of aromatic nitrogens is 3. The largest absolute Gasteiger partial charge is 0.494 e. The fourth-order valence-corrected chi connectivity index (χ4v) is 3.17. The van der Waals surface area contributed by atoms with Crippen LogP contribution in [0.3, 0.4) is 0 Å². The Balaban J connectivity index is 1.60. The molecule has 0 fully saturated rings. The molecule has 0 saturated heterocycles. The Kier molecular flexibility index (Phi) is 6.35. The summed E-state index contributed by atoms with van der Waals surface area (Å²) in [6.07, 6.45) is 4.99. The number of nitro groups is 1. The number of ether oxygens (including phenoxy) is 1. The minimum absolute atomic E-state index is 0.0742. The number of hydrogen-bond donors (Lipinski definition) is 2. The van der Waals surface area contributed by atoms with Gasteiger partial charge in [0.05, 0.1) is 22.7 Å². The molecule has 0 amide bonds. The third-order valence-corrected chi connectivity index (χ3v) is 4.77. The highest BCUT2D eigenvalue weighted by molar-refractivity contribution is 5.93. The highest BCUT2D eigenvalue weighted by Gasteiger charge is 2.24. The summed E-state index contributed by atoms with van der Waals surface area (Å²) in [4.78, 5) is 24.0. The summed E-state index contributed by atoms with van der Waals surface area (Å²) < 4.78 is 5.66. The van der Waals surface area contributed by atoms with E-state index in [9.17, 15) is 10.1 Å². The quantitative estimate of drug-likeness (QED) is 0.200. The standard InChI is InChI=1S/C23H22N6O3/c1-2-3-14-32-18-11-9-17(10-12-18)27-22-21(29(30)31)23(26-15-25-22)28-19-8-4-6-16-7-5-13-24-20(16)19/h4-13,15H,2-3,14H2,1H3,(H2,25,26,27,28). The Bertz CT molecular complexity index is 1220. The van der Waals surface area contributed by atoms with Crippen molar-refractivity contribution in [1.29, 1.82) is 0 Å². The van der Waals surface area contributed by atoms with E-state index in [1.165, 1.54) is 6.33 Å². The first kappa shape index (κ1) is 21.0. The lowest BCUT2D eigenvalue weighted by Gasteiger charge is -2.12. The summed E-state index contributed by atoms with van der Waals surface area (Å²) in [6.45, 7) is 2.75. The summed E-state index contributed by atoms with van der Waals surface area (Å²) >= 11 is 0. The second-order valence-electron chi connectivity index (χ2n) is 7.03. The van der Waals surface area contributed by atoms with Crippen LogP contribution < -0.4 is 15.4 Å². The minimum atomic E-state index is -0.508. The molecule has 0 atom stereocenters. The zero-order chi connectivity index (χ0) is 22.3. The van der Waals surface area contributed by atoms with Gasteiger partial charge in [-0.1, -0.05) is 31.5 Å². The molecule has 0 aliphatic carbocycles. The first-order chi connectivity index (χ1) is 15.7. The normalized spacial score (nSPS) is 10.7. The van der Waals surface area contributed by atoms with Gasteiger partial charge in [-0.2, -0.15) is 0 Å². The molecule has 0 bridgehead atoms. The first-order valence-electron chi connectivity index (χ1n) is 10.3. The topological polar surface area (TPSA) is 115 Å². The van der Waals surface area contributed by atoms with Crippen molar-refractivity contribution < 1.29 is 9.66 Å². The average molecular weight is 430 g/mol. The van der Waals surface area contributed by atoms with E-state index in [0.29, 0.717) is 23.5 Å². The third-order valence-electron chi connectivity index (χ3n) is 4.77. The van der Waals surface area contributed by atoms with Crippen molar-refractivity contribution >= 4 is 39.6 Å². The van der Waals surface area contributed by atoms with Crippen molar-refractivity contribution in [2.24, 2.45) is 0 Å². The van der Waals surface area contributed by atoms with Gasteiger partial charge in [0, 0.05) is 17.3 Å². The number of anilines is 4. The van der Waals surface area contributed by atoms with Crippen molar-refractivity contribution in [3.63, 3.8) is 0 Å². The molecule has 32 heavy (non-hydrogen) atoms. The van der Waals surface area contributed by atoms with Crippen LogP contribution in [0.15, 0.2) is 67.1 Å². The lowest BCUT2D eigenvalue weighted by atomic mass is 10.2. The van der Waals surface area contributed by atoms with Crippen LogP contribution >= 0.6 is 0 Å². The van der Waals surface area contributed by atoms with E-state index in [1.807, 2.05) is 36.4 Å². The number of nitrogens with zero attached hydrogens (tertiary/aromatic N) is 4. The number of benzene rings is 2. The monoisotopic (exact) mass is 430 g/mol. The number of hydrogen-bond acceptors (Lipinski definition) is 8. The molecule has 0 radical (unpaired) electrons. The smallest absolute Gasteiger partial charge is 0.353 e. The SMILES string of the molecule is CCCCOc1ccc(Nc2ncnc(Nc3cccc4cccnc34)c2[N+](=O)[O-])cc1. The van der Waals surface area contributed by atoms with Crippen molar-refractivity contribution in [2.75, 3.05) is 17.2 Å². The lowest BCUT2D eigenvalue weighted by molar-refractivity contribution is -0.383. The highest BCUT2D eigenvalue weighted by atomic mass is 16.6. The van der Waals surface area contributed by atoms with Gasteiger partial charge in [-0.3, -0.25) is 15.1 Å². The zero-order valence-corrected chi connectivity index (χ0v) is 17.5. The second kappa shape index (κ2) is 9.69. The molecule has 9 heteroatoms. The number of rotatable bonds is 9. The molecule has 162 valence electrons. The van der Waals surface area contributed by atoms with Gasteiger partial charge in [-0.15, -0.1) is 0 Å². The van der Waals surface area contributed by atoms with Crippen LogP contribution in [0.4, 0.5) is 28.7 Å². The maximum Gasteiger partial charge on any atom is 0.353 e. The molecule has 0 unspecified atom stereocenters. The van der Waals surface area contributed by atoms with Crippen LogP contribution in [0.1, 0.15) is 19.8 Å². The van der Waals surface area contributed by atoms with Gasteiger partial charge in [-0.05, 0) is 42.8 Å². The summed E-state index contributed by atoms with van der Waals surface area (Å²) in [5.74, 6) is 0.900. The molecule has 0 aliphatic heterocycles. The third kappa shape index (κ3) is 4.72. The molecule has 2 N–H and O–H groups in total. The fourth-order valence-electron chi connectivity index (χ4n) is 3.17. The maximum atomic E-state index is 11.9. The highest BCUT2D eigenvalue weighted by Crippen LogP contribution is 2.34. The number of nitrogens with one attached hydrogen (secondary N) is 2. The number of pyridine rings is 1. The van der Waals surface area contributed by atoms with Crippen molar-refractivity contribution in [2.45, 2.75) is 19.8 Å². The van der Waals surface area contributed by atoms with Crippen LogP contribution in [0.25, 0.3) is 10.9 Å². The van der Waals surface area contributed by atoms with Crippen molar-refractivity contribution in [1.82, 2.24) is 15.0 Å². The Hall–Kier alpha value is -4.27. The van der Waals surface area contributed by atoms with Gasteiger partial charge in [0.15, 0.2) is 0 Å². The van der Waals surface area contributed by atoms with Crippen LogP contribution in [-0.2, 0) is 0 Å². The minimum Gasteiger partial charge on any atom is -0.494 e. The molecule has 2 heterocycles. The predicted octanol–water partition coefficient (Wildman–Crippen LogP) is 5.60. The molecular weight excluding hydrogens is 408 g/mol. The van der Waals surface area contributed by atoms with E-state index in [1.54, 1.807) is 24.4 Å². The van der Waals surface area contributed by atoms with Crippen LogP contribution in [0, 0.1) is 10.1 Å². The van der Waals surface area contributed by atoms with Gasteiger partial charge in [0.1, 0.15) is 12.1 Å². The summed E-state index contributed by atoms with van der Waals surface area (Å²) in [5, 5.41) is 18.9. The Morgan fingerprint density at radius 3 is 2.47 bits per heavy atom. The van der Waals surface area contributed by atoms with E-state index in [2.05, 4.69) is 32.5 Å². The summed E-state index contributed by atoms with van der Waals surface area (Å²) in [7, 11) is 0. The van der Waals surface area contributed by atoms with Crippen molar-refractivity contribution in [3.05, 3.63) is 77.2 Å². The molecule has 0 spiro atoms. The van der Waals surface area contributed by atoms with E-state index in [-0.39, 0.29) is 17.3 Å². The second-order valence-corrected chi connectivity index (χ2v) is 7.03. The van der Waals surface area contributed by atoms with Crippen molar-refractivity contribution in [3.8, 4) is 5.75 Å².